The smallest absolute Gasteiger partial charge is 0.299 e. The summed E-state index contributed by atoms with van der Waals surface area (Å²) in [6, 6.07) is 11.9. The molecular formula is C22H14F2N4O. The number of benzene rings is 2. The van der Waals surface area contributed by atoms with Gasteiger partial charge in [-0.1, -0.05) is 12.0 Å². The first-order valence-electron chi connectivity index (χ1n) is 9.11. The molecule has 0 saturated heterocycles. The monoisotopic (exact) mass is 388 g/mol. The molecule has 7 heteroatoms. The van der Waals surface area contributed by atoms with Gasteiger partial charge in [0.25, 0.3) is 12.3 Å². The summed E-state index contributed by atoms with van der Waals surface area (Å²) in [6.45, 7) is 0. The van der Waals surface area contributed by atoms with Crippen LogP contribution >= 0.6 is 0 Å². The van der Waals surface area contributed by atoms with Gasteiger partial charge < -0.3 is 9.47 Å². The van der Waals surface area contributed by atoms with E-state index >= 15 is 0 Å². The molecule has 5 nitrogen and oxygen atoms in total. The largest absolute Gasteiger partial charge is 0.331 e. The molecule has 1 amide bonds. The molecule has 142 valence electrons. The first-order valence-corrected chi connectivity index (χ1v) is 9.11. The number of nitriles is 1. The molecule has 5 rings (SSSR count). The van der Waals surface area contributed by atoms with E-state index in [9.17, 15) is 18.8 Å². The van der Waals surface area contributed by atoms with Crippen molar-refractivity contribution in [3.05, 3.63) is 64.5 Å². The number of hydrogen-bond acceptors (Lipinski definition) is 3. The van der Waals surface area contributed by atoms with Gasteiger partial charge in [-0.05, 0) is 36.3 Å². The van der Waals surface area contributed by atoms with Crippen LogP contribution < -0.4 is 0 Å². The van der Waals surface area contributed by atoms with E-state index < -0.39 is 6.43 Å². The van der Waals surface area contributed by atoms with Crippen LogP contribution in [0, 0.1) is 23.2 Å². The number of halogens is 2. The third kappa shape index (κ3) is 2.44. The van der Waals surface area contributed by atoms with Gasteiger partial charge in [-0.3, -0.25) is 4.79 Å². The zero-order chi connectivity index (χ0) is 20.3. The van der Waals surface area contributed by atoms with Gasteiger partial charge in [-0.15, -0.1) is 0 Å². The Labute approximate surface area is 165 Å². The molecule has 2 aliphatic rings. The van der Waals surface area contributed by atoms with Gasteiger partial charge in [0.15, 0.2) is 0 Å². The maximum absolute atomic E-state index is 13.1. The lowest BCUT2D eigenvalue weighted by Crippen LogP contribution is -2.30. The fourth-order valence-corrected chi connectivity index (χ4v) is 4.43. The van der Waals surface area contributed by atoms with Gasteiger partial charge in [0.2, 0.25) is 0 Å². The lowest BCUT2D eigenvalue weighted by Gasteiger charge is -2.24. The number of aromatic nitrogens is 2. The average Bonchev–Trinajstić information content (AvgIpc) is 3.24. The number of carbonyl (C=O) groups is 1. The summed E-state index contributed by atoms with van der Waals surface area (Å²) in [5.74, 6) is 5.03. The minimum absolute atomic E-state index is 0.177. The van der Waals surface area contributed by atoms with Gasteiger partial charge in [0, 0.05) is 30.2 Å². The van der Waals surface area contributed by atoms with Crippen LogP contribution in [-0.2, 0) is 0 Å². The average molecular weight is 388 g/mol. The van der Waals surface area contributed by atoms with Gasteiger partial charge in [-0.2, -0.15) is 14.0 Å². The van der Waals surface area contributed by atoms with Crippen LogP contribution in [0.1, 0.15) is 51.4 Å². The minimum Gasteiger partial charge on any atom is -0.331 e. The van der Waals surface area contributed by atoms with Crippen molar-refractivity contribution in [2.24, 2.45) is 0 Å². The van der Waals surface area contributed by atoms with E-state index in [1.165, 1.54) is 0 Å². The molecular weight excluding hydrogens is 374 g/mol. The Hall–Kier alpha value is -3.71. The summed E-state index contributed by atoms with van der Waals surface area (Å²) < 4.78 is 27.5. The van der Waals surface area contributed by atoms with Crippen molar-refractivity contribution in [2.75, 3.05) is 7.05 Å². The van der Waals surface area contributed by atoms with E-state index in [4.69, 9.17) is 4.98 Å². The van der Waals surface area contributed by atoms with Crippen LogP contribution in [-0.4, -0.2) is 33.8 Å². The van der Waals surface area contributed by atoms with Crippen LogP contribution in [0.2, 0.25) is 0 Å². The van der Waals surface area contributed by atoms with E-state index in [1.807, 2.05) is 10.5 Å². The fourth-order valence-electron chi connectivity index (χ4n) is 4.43. The number of nitrogens with zero attached hydrogens (tertiary/aromatic N) is 4. The van der Waals surface area contributed by atoms with Crippen molar-refractivity contribution in [1.82, 2.24) is 14.5 Å². The zero-order valence-electron chi connectivity index (χ0n) is 15.4. The molecule has 29 heavy (non-hydrogen) atoms. The molecule has 2 atom stereocenters. The standard InChI is InChI=1S/C22H14F2N4O/c1-27-18-10-17(28-16-9-12(11-25)5-7-15(16)26-21(18)28)20-13(6-8-19(23)24)3-2-4-14(20)22(27)29/h2-5,7,9,17-19H,10H2,1H3. The fraction of sp³-hybridized carbons (Fsp3) is 0.227. The predicted octanol–water partition coefficient (Wildman–Crippen LogP) is 3.64. The maximum Gasteiger partial charge on any atom is 0.299 e. The van der Waals surface area contributed by atoms with Gasteiger partial charge in [0.1, 0.15) is 5.82 Å². The zero-order valence-corrected chi connectivity index (χ0v) is 15.4. The highest BCUT2D eigenvalue weighted by atomic mass is 19.3. The number of carbonyl (C=O) groups excluding carboxylic acids is 1. The van der Waals surface area contributed by atoms with Crippen LogP contribution in [0.4, 0.5) is 8.78 Å². The summed E-state index contributed by atoms with van der Waals surface area (Å²) in [6.07, 6.45) is -2.17. The Morgan fingerprint density at radius 2 is 2.07 bits per heavy atom. The highest BCUT2D eigenvalue weighted by Gasteiger charge is 2.44. The SMILES string of the molecule is CN1C(=O)c2cccc(C#CC(F)F)c2C2CC1c1nc3ccc(C#N)cc3n12. The Kier molecular flexibility index (Phi) is 3.69. The predicted molar refractivity (Wildman–Crippen MR) is 101 cm³/mol. The molecule has 0 aliphatic carbocycles. The molecule has 2 aliphatic heterocycles. The molecule has 1 aromatic heterocycles. The summed E-state index contributed by atoms with van der Waals surface area (Å²) in [4.78, 5) is 19.5. The van der Waals surface area contributed by atoms with Crippen molar-refractivity contribution < 1.29 is 13.6 Å². The van der Waals surface area contributed by atoms with Crippen molar-refractivity contribution in [1.29, 1.82) is 5.26 Å². The Bertz CT molecular complexity index is 1290. The van der Waals surface area contributed by atoms with E-state index in [0.717, 1.165) is 16.9 Å². The Morgan fingerprint density at radius 1 is 1.24 bits per heavy atom. The second kappa shape index (κ2) is 6.15. The number of imidazole rings is 1. The number of amides is 1. The maximum atomic E-state index is 13.1. The van der Waals surface area contributed by atoms with Gasteiger partial charge in [0.05, 0.1) is 34.7 Å². The lowest BCUT2D eigenvalue weighted by atomic mass is 9.93. The molecule has 0 radical (unpaired) electrons. The van der Waals surface area contributed by atoms with Crippen molar-refractivity contribution in [3.8, 4) is 17.9 Å². The second-order valence-corrected chi connectivity index (χ2v) is 7.18. The molecule has 2 bridgehead atoms. The molecule has 2 unspecified atom stereocenters. The quantitative estimate of drug-likeness (QED) is 0.553. The third-order valence-corrected chi connectivity index (χ3v) is 5.68. The summed E-state index contributed by atoms with van der Waals surface area (Å²) in [5.41, 5.74) is 3.55. The number of alkyl halides is 2. The van der Waals surface area contributed by atoms with Gasteiger partial charge in [-0.25, -0.2) is 4.98 Å². The molecule has 2 aromatic carbocycles. The van der Waals surface area contributed by atoms with Crippen molar-refractivity contribution in [3.63, 3.8) is 0 Å². The van der Waals surface area contributed by atoms with E-state index in [0.29, 0.717) is 28.7 Å². The van der Waals surface area contributed by atoms with E-state index in [-0.39, 0.29) is 18.0 Å². The number of rotatable bonds is 0. The molecule has 0 fully saturated rings. The number of hydrogen-bond donors (Lipinski definition) is 0. The molecule has 3 heterocycles. The van der Waals surface area contributed by atoms with Crippen LogP contribution in [0.3, 0.4) is 0 Å². The van der Waals surface area contributed by atoms with Crippen molar-refractivity contribution in [2.45, 2.75) is 24.9 Å². The number of fused-ring (bicyclic) bond motifs is 9. The summed E-state index contributed by atoms with van der Waals surface area (Å²) in [7, 11) is 1.73. The van der Waals surface area contributed by atoms with Crippen LogP contribution in [0.5, 0.6) is 0 Å². The molecule has 0 N–H and O–H groups in total. The molecule has 0 spiro atoms. The van der Waals surface area contributed by atoms with Crippen LogP contribution in [0.25, 0.3) is 11.0 Å². The molecule has 0 saturated carbocycles. The highest BCUT2D eigenvalue weighted by molar-refractivity contribution is 5.97. The lowest BCUT2D eigenvalue weighted by molar-refractivity contribution is 0.0734. The van der Waals surface area contributed by atoms with Gasteiger partial charge >= 0.3 is 0 Å². The second-order valence-electron chi connectivity index (χ2n) is 7.18. The van der Waals surface area contributed by atoms with Crippen LogP contribution in [0.15, 0.2) is 36.4 Å². The first-order chi connectivity index (χ1) is 14.0. The topological polar surface area (TPSA) is 61.9 Å². The molecule has 3 aromatic rings. The normalized spacial score (nSPS) is 19.4. The van der Waals surface area contributed by atoms with E-state index in [2.05, 4.69) is 12.0 Å². The third-order valence-electron chi connectivity index (χ3n) is 5.68. The Balaban J connectivity index is 1.83. The Morgan fingerprint density at radius 3 is 2.83 bits per heavy atom. The van der Waals surface area contributed by atoms with Crippen molar-refractivity contribution >= 4 is 16.9 Å². The minimum atomic E-state index is -2.76. The highest BCUT2D eigenvalue weighted by Crippen LogP contribution is 2.48. The first kappa shape index (κ1) is 17.4. The van der Waals surface area contributed by atoms with E-state index in [1.54, 1.807) is 48.3 Å². The summed E-state index contributed by atoms with van der Waals surface area (Å²) in [5, 5.41) is 9.29. The summed E-state index contributed by atoms with van der Waals surface area (Å²) >= 11 is 0.